The van der Waals surface area contributed by atoms with Crippen molar-refractivity contribution < 1.29 is 15.0 Å². The summed E-state index contributed by atoms with van der Waals surface area (Å²) in [5, 5.41) is 24.3. The Balaban J connectivity index is 1.68. The lowest BCUT2D eigenvalue weighted by atomic mass is 9.68. The smallest absolute Gasteiger partial charge is 0.251 e. The second-order valence-electron chi connectivity index (χ2n) is 7.29. The number of benzene rings is 1. The number of amides is 1. The third kappa shape index (κ3) is 1.62. The van der Waals surface area contributed by atoms with Gasteiger partial charge in [0.15, 0.2) is 0 Å². The zero-order chi connectivity index (χ0) is 16.6. The highest BCUT2D eigenvalue weighted by Crippen LogP contribution is 2.70. The normalized spacial score (nSPS) is 29.0. The number of nitrogens with one attached hydrogen (secondary N) is 1. The Morgan fingerprint density at radius 1 is 1.12 bits per heavy atom. The minimum absolute atomic E-state index is 0.150. The Morgan fingerprint density at radius 3 is 2.33 bits per heavy atom. The van der Waals surface area contributed by atoms with Crippen LogP contribution in [0, 0.1) is 11.8 Å². The maximum absolute atomic E-state index is 11.9. The van der Waals surface area contributed by atoms with Gasteiger partial charge in [0.2, 0.25) is 11.8 Å². The molecule has 2 fully saturated rings. The molecule has 1 aromatic heterocycles. The summed E-state index contributed by atoms with van der Waals surface area (Å²) in [5.74, 6) is 2.25. The molecule has 0 radical (unpaired) electrons. The topological polar surface area (TPSA) is 74.5 Å². The minimum Gasteiger partial charge on any atom is -0.494 e. The second-order valence-corrected chi connectivity index (χ2v) is 7.29. The average molecular weight is 324 g/mol. The van der Waals surface area contributed by atoms with Gasteiger partial charge < -0.3 is 15.5 Å². The van der Waals surface area contributed by atoms with E-state index in [1.54, 1.807) is 31.3 Å². The van der Waals surface area contributed by atoms with Crippen molar-refractivity contribution in [3.05, 3.63) is 41.0 Å². The quantitative estimate of drug-likeness (QED) is 0.795. The number of rotatable bonds is 2. The average Bonchev–Trinajstić information content (AvgIpc) is 3.38. The van der Waals surface area contributed by atoms with Gasteiger partial charge >= 0.3 is 0 Å². The summed E-state index contributed by atoms with van der Waals surface area (Å²) in [6, 6.07) is 6.99. The maximum Gasteiger partial charge on any atom is 0.251 e. The van der Waals surface area contributed by atoms with E-state index < -0.39 is 0 Å². The molecule has 1 heterocycles. The Bertz CT molecular complexity index is 830. The third-order valence-electron chi connectivity index (χ3n) is 6.24. The van der Waals surface area contributed by atoms with E-state index in [2.05, 4.69) is 5.32 Å². The molecule has 0 spiro atoms. The van der Waals surface area contributed by atoms with Gasteiger partial charge in [-0.2, -0.15) is 0 Å². The first-order valence-corrected chi connectivity index (χ1v) is 8.60. The highest BCUT2D eigenvalue weighted by atomic mass is 16.3. The summed E-state index contributed by atoms with van der Waals surface area (Å²) in [7, 11) is 1.59. The number of carbonyl (C=O) groups is 1. The number of aromatic nitrogens is 1. The standard InChI is InChI=1S/C19H20N2O3/c1-20-17(22)9-3-2-4-10(7-9)21-18(23)15-11-5-6-12(14-8-13(11)14)16(15)19(21)24/h2-4,7,11-14,23-24H,5-6,8H2,1H3,(H,20,22)/t11-,12+,13+,14-. The van der Waals surface area contributed by atoms with Crippen LogP contribution in [0.4, 0.5) is 0 Å². The van der Waals surface area contributed by atoms with Crippen molar-refractivity contribution >= 4 is 5.91 Å². The minimum atomic E-state index is -0.186. The van der Waals surface area contributed by atoms with Crippen LogP contribution in [-0.4, -0.2) is 27.7 Å². The van der Waals surface area contributed by atoms with Crippen LogP contribution in [-0.2, 0) is 0 Å². The molecule has 4 aliphatic rings. The predicted molar refractivity (Wildman–Crippen MR) is 88.8 cm³/mol. The molecule has 5 heteroatoms. The molecule has 2 bridgehead atoms. The zero-order valence-corrected chi connectivity index (χ0v) is 13.5. The van der Waals surface area contributed by atoms with Crippen LogP contribution < -0.4 is 5.32 Å². The Hall–Kier alpha value is -2.43. The molecule has 5 nitrogen and oxygen atoms in total. The number of aromatic hydroxyl groups is 2. The largest absolute Gasteiger partial charge is 0.494 e. The highest BCUT2D eigenvalue weighted by Gasteiger charge is 2.58. The maximum atomic E-state index is 11.9. The van der Waals surface area contributed by atoms with E-state index >= 15 is 0 Å². The number of fused-ring (bicyclic) bond motifs is 1. The van der Waals surface area contributed by atoms with Gasteiger partial charge in [0.1, 0.15) is 0 Å². The number of hydrogen-bond acceptors (Lipinski definition) is 3. The monoisotopic (exact) mass is 324 g/mol. The molecule has 24 heavy (non-hydrogen) atoms. The van der Waals surface area contributed by atoms with Gasteiger partial charge in [-0.15, -0.1) is 0 Å². The molecule has 3 N–H and O–H groups in total. The van der Waals surface area contributed by atoms with E-state index in [1.165, 1.54) is 11.0 Å². The van der Waals surface area contributed by atoms with Crippen LogP contribution in [0.3, 0.4) is 0 Å². The summed E-state index contributed by atoms with van der Waals surface area (Å²) >= 11 is 0. The van der Waals surface area contributed by atoms with Crippen molar-refractivity contribution in [3.63, 3.8) is 0 Å². The van der Waals surface area contributed by atoms with Crippen LogP contribution in [0.1, 0.15) is 52.6 Å². The fourth-order valence-corrected chi connectivity index (χ4v) is 5.15. The van der Waals surface area contributed by atoms with Gasteiger partial charge in [0, 0.05) is 23.7 Å². The van der Waals surface area contributed by atoms with E-state index in [0.29, 0.717) is 34.9 Å². The molecule has 2 saturated carbocycles. The van der Waals surface area contributed by atoms with Crippen LogP contribution in [0.5, 0.6) is 11.8 Å². The van der Waals surface area contributed by atoms with Gasteiger partial charge in [0.05, 0.1) is 5.69 Å². The lowest BCUT2D eigenvalue weighted by molar-refractivity contribution is 0.0963. The van der Waals surface area contributed by atoms with Gasteiger partial charge in [-0.25, -0.2) is 0 Å². The van der Waals surface area contributed by atoms with Crippen LogP contribution >= 0.6 is 0 Å². The molecular weight excluding hydrogens is 304 g/mol. The van der Waals surface area contributed by atoms with Crippen LogP contribution in [0.15, 0.2) is 24.3 Å². The van der Waals surface area contributed by atoms with Gasteiger partial charge in [-0.05, 0) is 61.1 Å². The fourth-order valence-electron chi connectivity index (χ4n) is 5.15. The molecule has 124 valence electrons. The summed E-state index contributed by atoms with van der Waals surface area (Å²) < 4.78 is 1.51. The van der Waals surface area contributed by atoms with Crippen LogP contribution in [0.25, 0.3) is 5.69 Å². The van der Waals surface area contributed by atoms with E-state index in [1.807, 2.05) is 0 Å². The number of carbonyl (C=O) groups excluding carboxylic acids is 1. The summed E-state index contributed by atoms with van der Waals surface area (Å²) in [6.45, 7) is 0. The van der Waals surface area contributed by atoms with E-state index in [0.717, 1.165) is 24.0 Å². The lowest BCUT2D eigenvalue weighted by Gasteiger charge is -2.35. The lowest BCUT2D eigenvalue weighted by Crippen LogP contribution is -2.22. The van der Waals surface area contributed by atoms with E-state index in [-0.39, 0.29) is 17.7 Å². The van der Waals surface area contributed by atoms with Crippen LogP contribution in [0.2, 0.25) is 0 Å². The number of hydrogen-bond donors (Lipinski definition) is 3. The summed E-state index contributed by atoms with van der Waals surface area (Å²) in [4.78, 5) is 11.9. The van der Waals surface area contributed by atoms with E-state index in [4.69, 9.17) is 0 Å². The van der Waals surface area contributed by atoms with Crippen molar-refractivity contribution in [2.75, 3.05) is 7.05 Å². The Kier molecular flexibility index (Phi) is 2.65. The van der Waals surface area contributed by atoms with Crippen molar-refractivity contribution in [3.8, 4) is 17.4 Å². The first-order chi connectivity index (χ1) is 11.6. The first-order valence-electron chi connectivity index (χ1n) is 8.60. The summed E-state index contributed by atoms with van der Waals surface area (Å²) in [5.41, 5.74) is 3.03. The highest BCUT2D eigenvalue weighted by molar-refractivity contribution is 5.94. The van der Waals surface area contributed by atoms with E-state index in [9.17, 15) is 15.0 Å². The van der Waals surface area contributed by atoms with Crippen molar-refractivity contribution in [2.45, 2.75) is 31.1 Å². The van der Waals surface area contributed by atoms with Crippen molar-refractivity contribution in [1.29, 1.82) is 0 Å². The first kappa shape index (κ1) is 14.0. The van der Waals surface area contributed by atoms with Gasteiger partial charge in [-0.1, -0.05) is 6.07 Å². The zero-order valence-electron chi connectivity index (χ0n) is 13.5. The SMILES string of the molecule is CNC(=O)c1cccc(-n2c(O)c3c(c2O)[C@@H]2CC[C@H]3[C@H]3C[C@H]32)c1. The summed E-state index contributed by atoms with van der Waals surface area (Å²) in [6.07, 6.45) is 3.44. The molecule has 4 atom stereocenters. The Morgan fingerprint density at radius 2 is 1.75 bits per heavy atom. The molecule has 0 aliphatic heterocycles. The van der Waals surface area contributed by atoms with Gasteiger partial charge in [0.25, 0.3) is 5.91 Å². The van der Waals surface area contributed by atoms with Crippen molar-refractivity contribution in [1.82, 2.24) is 9.88 Å². The number of nitrogens with zero attached hydrogens (tertiary/aromatic N) is 1. The molecule has 1 aromatic carbocycles. The molecule has 6 rings (SSSR count). The molecule has 0 unspecified atom stereocenters. The second kappa shape index (κ2) is 4.56. The molecular formula is C19H20N2O3. The van der Waals surface area contributed by atoms with Gasteiger partial charge in [-0.3, -0.25) is 9.36 Å². The molecule has 4 aliphatic carbocycles. The molecule has 1 amide bonds. The third-order valence-corrected chi connectivity index (χ3v) is 6.24. The molecule has 2 aromatic rings. The predicted octanol–water partition coefficient (Wildman–Crippen LogP) is 2.86. The molecule has 0 saturated heterocycles. The fraction of sp³-hybridized carbons (Fsp3) is 0.421. The van der Waals surface area contributed by atoms with Crippen molar-refractivity contribution in [2.24, 2.45) is 11.8 Å². The Labute approximate surface area is 139 Å².